The number of aromatic nitrogens is 5. The fourth-order valence-electron chi connectivity index (χ4n) is 2.62. The molecule has 0 bridgehead atoms. The third-order valence-electron chi connectivity index (χ3n) is 4.02. The van der Waals surface area contributed by atoms with Crippen LogP contribution in [-0.4, -0.2) is 32.3 Å². The Morgan fingerprint density at radius 2 is 1.80 bits per heavy atom. The van der Waals surface area contributed by atoms with E-state index in [4.69, 9.17) is 14.9 Å². The van der Waals surface area contributed by atoms with E-state index in [1.165, 1.54) is 11.8 Å². The number of thioether (sulfide) groups is 1. The highest BCUT2D eigenvalue weighted by Crippen LogP contribution is 2.22. The van der Waals surface area contributed by atoms with Crippen molar-refractivity contribution in [2.45, 2.75) is 17.4 Å². The molecule has 0 aliphatic heterocycles. The Labute approximate surface area is 177 Å². The van der Waals surface area contributed by atoms with Gasteiger partial charge in [0.1, 0.15) is 11.6 Å². The van der Waals surface area contributed by atoms with Gasteiger partial charge in [0.05, 0.1) is 19.3 Å². The van der Waals surface area contributed by atoms with Crippen LogP contribution in [0.2, 0.25) is 0 Å². The Hall–Kier alpha value is -3.66. The van der Waals surface area contributed by atoms with Gasteiger partial charge in [0.25, 0.3) is 5.22 Å². The van der Waals surface area contributed by atoms with Crippen LogP contribution in [0.4, 0.5) is 17.6 Å². The second-order valence-electron chi connectivity index (χ2n) is 6.20. The van der Waals surface area contributed by atoms with Crippen molar-refractivity contribution in [2.75, 3.05) is 18.2 Å². The number of ether oxygens (including phenoxy) is 1. The van der Waals surface area contributed by atoms with Crippen LogP contribution in [0.25, 0.3) is 0 Å². The number of nitrogens with one attached hydrogen (secondary N) is 1. The van der Waals surface area contributed by atoms with E-state index in [9.17, 15) is 0 Å². The smallest absolute Gasteiger partial charge is 0.277 e. The number of anilines is 3. The molecule has 4 rings (SSSR count). The summed E-state index contributed by atoms with van der Waals surface area (Å²) in [5.41, 5.74) is 7.74. The third kappa shape index (κ3) is 5.23. The van der Waals surface area contributed by atoms with E-state index >= 15 is 0 Å². The molecule has 0 aliphatic carbocycles. The molecule has 0 aliphatic rings. The van der Waals surface area contributed by atoms with Crippen molar-refractivity contribution in [2.24, 2.45) is 0 Å². The molecule has 0 saturated heterocycles. The zero-order valence-corrected chi connectivity index (χ0v) is 17.0. The molecule has 152 valence electrons. The first kappa shape index (κ1) is 19.6. The standard InChI is InChI=1S/C20H19N7O2S/c1-28-15-9-7-13(8-10-15)11-17-26-27-20(29-17)30-12-16-23-18(21)25-19(24-16)22-14-5-3-2-4-6-14/h2-10H,11-12H2,1H3,(H3,21,22,23,24,25). The van der Waals surface area contributed by atoms with E-state index in [1.807, 2.05) is 54.6 Å². The van der Waals surface area contributed by atoms with E-state index in [0.717, 1.165) is 17.0 Å². The fourth-order valence-corrected chi connectivity index (χ4v) is 3.26. The SMILES string of the molecule is COc1ccc(Cc2nnc(SCc3nc(N)nc(Nc4ccccc4)n3)o2)cc1. The van der Waals surface area contributed by atoms with Crippen molar-refractivity contribution in [3.8, 4) is 5.75 Å². The van der Waals surface area contributed by atoms with Crippen LogP contribution >= 0.6 is 11.8 Å². The number of nitrogens with two attached hydrogens (primary N) is 1. The maximum atomic E-state index is 5.82. The Bertz CT molecular complexity index is 1100. The van der Waals surface area contributed by atoms with Crippen molar-refractivity contribution >= 4 is 29.3 Å². The molecule has 0 fully saturated rings. The molecule has 0 amide bonds. The highest BCUT2D eigenvalue weighted by molar-refractivity contribution is 7.98. The first-order valence-corrected chi connectivity index (χ1v) is 10.1. The average molecular weight is 421 g/mol. The van der Waals surface area contributed by atoms with Crippen molar-refractivity contribution in [1.82, 2.24) is 25.1 Å². The number of rotatable bonds is 8. The largest absolute Gasteiger partial charge is 0.497 e. The van der Waals surface area contributed by atoms with Crippen LogP contribution in [-0.2, 0) is 12.2 Å². The Morgan fingerprint density at radius 1 is 1.00 bits per heavy atom. The zero-order chi connectivity index (χ0) is 20.8. The van der Waals surface area contributed by atoms with Gasteiger partial charge < -0.3 is 20.2 Å². The molecule has 3 N–H and O–H groups in total. The monoisotopic (exact) mass is 421 g/mol. The zero-order valence-electron chi connectivity index (χ0n) is 16.1. The highest BCUT2D eigenvalue weighted by Gasteiger charge is 2.11. The van der Waals surface area contributed by atoms with Crippen LogP contribution < -0.4 is 15.8 Å². The molecular weight excluding hydrogens is 402 g/mol. The van der Waals surface area contributed by atoms with Crippen molar-refractivity contribution in [3.05, 3.63) is 71.9 Å². The van der Waals surface area contributed by atoms with Gasteiger partial charge in [0.2, 0.25) is 17.8 Å². The fraction of sp³-hybridized carbons (Fsp3) is 0.150. The third-order valence-corrected chi connectivity index (χ3v) is 4.83. The lowest BCUT2D eigenvalue weighted by atomic mass is 10.1. The normalized spacial score (nSPS) is 10.7. The van der Waals surface area contributed by atoms with Gasteiger partial charge in [-0.15, -0.1) is 10.2 Å². The summed E-state index contributed by atoms with van der Waals surface area (Å²) in [7, 11) is 1.64. The van der Waals surface area contributed by atoms with Gasteiger partial charge >= 0.3 is 0 Å². The van der Waals surface area contributed by atoms with Crippen LogP contribution in [0.1, 0.15) is 17.3 Å². The number of methoxy groups -OCH3 is 1. The van der Waals surface area contributed by atoms with Crippen LogP contribution in [0.3, 0.4) is 0 Å². The molecule has 0 spiro atoms. The second kappa shape index (κ2) is 9.23. The van der Waals surface area contributed by atoms with Gasteiger partial charge in [-0.05, 0) is 29.8 Å². The lowest BCUT2D eigenvalue weighted by Gasteiger charge is -2.06. The van der Waals surface area contributed by atoms with E-state index in [0.29, 0.717) is 35.1 Å². The number of para-hydroxylation sites is 1. The summed E-state index contributed by atoms with van der Waals surface area (Å²) >= 11 is 1.34. The molecule has 0 radical (unpaired) electrons. The van der Waals surface area contributed by atoms with Crippen molar-refractivity contribution < 1.29 is 9.15 Å². The Kier molecular flexibility index (Phi) is 6.04. The molecule has 2 aromatic carbocycles. The predicted octanol–water partition coefficient (Wildman–Crippen LogP) is 3.47. The molecule has 0 atom stereocenters. The Morgan fingerprint density at radius 3 is 2.57 bits per heavy atom. The maximum Gasteiger partial charge on any atom is 0.277 e. The lowest BCUT2D eigenvalue weighted by molar-refractivity contribution is 0.413. The van der Waals surface area contributed by atoms with Crippen LogP contribution in [0.15, 0.2) is 64.2 Å². The van der Waals surface area contributed by atoms with E-state index < -0.39 is 0 Å². The summed E-state index contributed by atoms with van der Waals surface area (Å²) in [6.07, 6.45) is 0.543. The van der Waals surface area contributed by atoms with Crippen molar-refractivity contribution in [3.63, 3.8) is 0 Å². The molecule has 0 unspecified atom stereocenters. The average Bonchev–Trinajstić information content (AvgIpc) is 3.20. The van der Waals surface area contributed by atoms with Gasteiger partial charge in [0.15, 0.2) is 0 Å². The van der Waals surface area contributed by atoms with E-state index in [2.05, 4.69) is 30.5 Å². The summed E-state index contributed by atoms with van der Waals surface area (Å²) < 4.78 is 10.9. The molecule has 4 aromatic rings. The minimum absolute atomic E-state index is 0.143. The van der Waals surface area contributed by atoms with E-state index in [-0.39, 0.29) is 5.95 Å². The van der Waals surface area contributed by atoms with Crippen molar-refractivity contribution in [1.29, 1.82) is 0 Å². The number of nitrogen functional groups attached to an aromatic ring is 1. The highest BCUT2D eigenvalue weighted by atomic mass is 32.2. The first-order chi connectivity index (χ1) is 14.7. The molecule has 2 heterocycles. The van der Waals surface area contributed by atoms with Gasteiger partial charge in [-0.3, -0.25) is 0 Å². The minimum atomic E-state index is 0.143. The van der Waals surface area contributed by atoms with Crippen LogP contribution in [0, 0.1) is 0 Å². The first-order valence-electron chi connectivity index (χ1n) is 9.08. The minimum Gasteiger partial charge on any atom is -0.497 e. The summed E-state index contributed by atoms with van der Waals surface area (Å²) in [5.74, 6) is 2.79. The van der Waals surface area contributed by atoms with E-state index in [1.54, 1.807) is 7.11 Å². The topological polar surface area (TPSA) is 125 Å². The van der Waals surface area contributed by atoms with Crippen LogP contribution in [0.5, 0.6) is 5.75 Å². The van der Waals surface area contributed by atoms with Gasteiger partial charge in [-0.25, -0.2) is 0 Å². The summed E-state index contributed by atoms with van der Waals surface area (Å²) in [4.78, 5) is 12.7. The quantitative estimate of drug-likeness (QED) is 0.408. The van der Waals surface area contributed by atoms with Gasteiger partial charge in [-0.1, -0.05) is 42.1 Å². The molecule has 0 saturated carbocycles. The Balaban J connectivity index is 1.37. The molecule has 10 heteroatoms. The summed E-state index contributed by atoms with van der Waals surface area (Å²) in [6.45, 7) is 0. The predicted molar refractivity (Wildman–Crippen MR) is 114 cm³/mol. The summed E-state index contributed by atoms with van der Waals surface area (Å²) in [6, 6.07) is 17.3. The number of nitrogens with zero attached hydrogens (tertiary/aromatic N) is 5. The lowest BCUT2D eigenvalue weighted by Crippen LogP contribution is -2.06. The summed E-state index contributed by atoms with van der Waals surface area (Å²) in [5, 5.41) is 11.7. The number of benzene rings is 2. The second-order valence-corrected chi connectivity index (χ2v) is 7.13. The van der Waals surface area contributed by atoms with Gasteiger partial charge in [-0.2, -0.15) is 15.0 Å². The molecule has 2 aromatic heterocycles. The molecule has 9 nitrogen and oxygen atoms in total. The number of hydrogen-bond acceptors (Lipinski definition) is 10. The van der Waals surface area contributed by atoms with Gasteiger partial charge in [0, 0.05) is 5.69 Å². The maximum absolute atomic E-state index is 5.82. The molecular formula is C20H19N7O2S. The molecule has 30 heavy (non-hydrogen) atoms. The number of hydrogen-bond donors (Lipinski definition) is 2.